The van der Waals surface area contributed by atoms with Gasteiger partial charge in [0.1, 0.15) is 12.4 Å². The maximum Gasteiger partial charge on any atom is 0.130 e. The Morgan fingerprint density at radius 1 is 1.17 bits per heavy atom. The summed E-state index contributed by atoms with van der Waals surface area (Å²) >= 11 is 0. The Hall–Kier alpha value is -1.87. The summed E-state index contributed by atoms with van der Waals surface area (Å²) < 4.78 is 5.80. The minimum Gasteiger partial charge on any atom is -0.487 e. The van der Waals surface area contributed by atoms with Crippen molar-refractivity contribution in [3.05, 3.63) is 59.4 Å². The van der Waals surface area contributed by atoms with Gasteiger partial charge in [-0.25, -0.2) is 0 Å². The Balaban J connectivity index is 2.11. The molecule has 94 valence electrons. The third kappa shape index (κ3) is 3.08. The first-order valence-corrected chi connectivity index (χ1v) is 6.06. The summed E-state index contributed by atoms with van der Waals surface area (Å²) in [6, 6.07) is 13.7. The van der Waals surface area contributed by atoms with E-state index in [1.165, 1.54) is 0 Å². The lowest BCUT2D eigenvalue weighted by Crippen LogP contribution is -2.08. The topological polar surface area (TPSA) is 48.1 Å². The van der Waals surface area contributed by atoms with E-state index in [0.717, 1.165) is 22.7 Å². The molecule has 2 N–H and O–H groups in total. The number of nitrogens with zero attached hydrogens (tertiary/aromatic N) is 1. The largest absolute Gasteiger partial charge is 0.487 e. The van der Waals surface area contributed by atoms with E-state index in [0.29, 0.717) is 6.61 Å². The number of para-hydroxylation sites is 1. The molecule has 1 aromatic heterocycles. The van der Waals surface area contributed by atoms with Crippen molar-refractivity contribution in [3.63, 3.8) is 0 Å². The number of aromatic nitrogens is 1. The van der Waals surface area contributed by atoms with Gasteiger partial charge in [0, 0.05) is 17.3 Å². The molecule has 0 radical (unpaired) electrons. The fraction of sp³-hybridized carbons (Fsp3) is 0.267. The second kappa shape index (κ2) is 5.65. The van der Waals surface area contributed by atoms with Crippen LogP contribution in [0.1, 0.15) is 29.9 Å². The lowest BCUT2D eigenvalue weighted by Gasteiger charge is -2.13. The SMILES string of the molecule is Cc1cccc(COc2ccccc2[C@@H](C)N)n1. The molecule has 1 atom stereocenters. The van der Waals surface area contributed by atoms with E-state index >= 15 is 0 Å². The van der Waals surface area contributed by atoms with Crippen LogP contribution in [-0.4, -0.2) is 4.98 Å². The summed E-state index contributed by atoms with van der Waals surface area (Å²) in [5, 5.41) is 0. The first kappa shape index (κ1) is 12.6. The van der Waals surface area contributed by atoms with Crippen LogP contribution in [0.15, 0.2) is 42.5 Å². The minimum atomic E-state index is -0.0355. The highest BCUT2D eigenvalue weighted by Crippen LogP contribution is 2.23. The standard InChI is InChI=1S/C15H18N2O/c1-11-6-5-7-13(17-11)10-18-15-9-4-3-8-14(15)12(2)16/h3-9,12H,10,16H2,1-2H3/t12-/m1/s1. The molecule has 0 bridgehead atoms. The van der Waals surface area contributed by atoms with Gasteiger partial charge < -0.3 is 10.5 Å². The molecule has 0 saturated heterocycles. The third-order valence-corrected chi connectivity index (χ3v) is 2.73. The van der Waals surface area contributed by atoms with Crippen LogP contribution in [0.2, 0.25) is 0 Å². The molecule has 0 amide bonds. The highest BCUT2D eigenvalue weighted by atomic mass is 16.5. The van der Waals surface area contributed by atoms with Gasteiger partial charge in [0.05, 0.1) is 5.69 Å². The number of pyridine rings is 1. The smallest absolute Gasteiger partial charge is 0.130 e. The van der Waals surface area contributed by atoms with Crippen molar-refractivity contribution in [2.45, 2.75) is 26.5 Å². The van der Waals surface area contributed by atoms with Crippen molar-refractivity contribution in [1.82, 2.24) is 4.98 Å². The van der Waals surface area contributed by atoms with E-state index in [2.05, 4.69) is 4.98 Å². The quantitative estimate of drug-likeness (QED) is 0.896. The molecule has 0 fully saturated rings. The van der Waals surface area contributed by atoms with Crippen LogP contribution < -0.4 is 10.5 Å². The summed E-state index contributed by atoms with van der Waals surface area (Å²) in [5.74, 6) is 0.829. The van der Waals surface area contributed by atoms with E-state index in [9.17, 15) is 0 Å². The number of aryl methyl sites for hydroxylation is 1. The second-order valence-corrected chi connectivity index (χ2v) is 4.39. The van der Waals surface area contributed by atoms with Gasteiger partial charge in [0.25, 0.3) is 0 Å². The maximum atomic E-state index is 5.91. The van der Waals surface area contributed by atoms with E-state index < -0.39 is 0 Å². The normalized spacial score (nSPS) is 12.2. The van der Waals surface area contributed by atoms with Crippen molar-refractivity contribution >= 4 is 0 Å². The van der Waals surface area contributed by atoms with Crippen molar-refractivity contribution in [1.29, 1.82) is 0 Å². The Bertz CT molecular complexity index is 523. The zero-order valence-corrected chi connectivity index (χ0v) is 10.8. The van der Waals surface area contributed by atoms with Crippen LogP contribution in [0, 0.1) is 6.92 Å². The monoisotopic (exact) mass is 242 g/mol. The molecule has 2 rings (SSSR count). The van der Waals surface area contributed by atoms with Gasteiger partial charge in [-0.3, -0.25) is 4.98 Å². The zero-order chi connectivity index (χ0) is 13.0. The molecule has 0 unspecified atom stereocenters. The number of benzene rings is 1. The Labute approximate surface area is 108 Å². The molecule has 1 heterocycles. The highest BCUT2D eigenvalue weighted by molar-refractivity contribution is 5.35. The first-order chi connectivity index (χ1) is 8.66. The van der Waals surface area contributed by atoms with Gasteiger partial charge in [-0.15, -0.1) is 0 Å². The molecule has 0 saturated carbocycles. The summed E-state index contributed by atoms with van der Waals surface area (Å²) in [4.78, 5) is 4.41. The molecular weight excluding hydrogens is 224 g/mol. The van der Waals surface area contributed by atoms with Crippen molar-refractivity contribution < 1.29 is 4.74 Å². The summed E-state index contributed by atoms with van der Waals surface area (Å²) in [5.41, 5.74) is 8.85. The molecule has 3 heteroatoms. The van der Waals surface area contributed by atoms with E-state index in [1.807, 2.05) is 56.3 Å². The Morgan fingerprint density at radius 2 is 1.94 bits per heavy atom. The Kier molecular flexibility index (Phi) is 3.95. The van der Waals surface area contributed by atoms with Crippen LogP contribution in [0.4, 0.5) is 0 Å². The highest BCUT2D eigenvalue weighted by Gasteiger charge is 2.07. The minimum absolute atomic E-state index is 0.0355. The van der Waals surface area contributed by atoms with Gasteiger partial charge in [0.15, 0.2) is 0 Å². The van der Waals surface area contributed by atoms with Crippen LogP contribution in [0.25, 0.3) is 0 Å². The summed E-state index contributed by atoms with van der Waals surface area (Å²) in [6.45, 7) is 4.39. The first-order valence-electron chi connectivity index (χ1n) is 6.06. The lowest BCUT2D eigenvalue weighted by molar-refractivity contribution is 0.296. The summed E-state index contributed by atoms with van der Waals surface area (Å²) in [6.07, 6.45) is 0. The average molecular weight is 242 g/mol. The third-order valence-electron chi connectivity index (χ3n) is 2.73. The van der Waals surface area contributed by atoms with E-state index in [4.69, 9.17) is 10.5 Å². The molecule has 18 heavy (non-hydrogen) atoms. The van der Waals surface area contributed by atoms with Gasteiger partial charge in [0.2, 0.25) is 0 Å². The predicted molar refractivity (Wildman–Crippen MR) is 72.4 cm³/mol. The number of rotatable bonds is 4. The number of nitrogens with two attached hydrogens (primary N) is 1. The number of hydrogen-bond donors (Lipinski definition) is 1. The molecule has 1 aromatic carbocycles. The van der Waals surface area contributed by atoms with E-state index in [1.54, 1.807) is 0 Å². The van der Waals surface area contributed by atoms with Gasteiger partial charge >= 0.3 is 0 Å². The average Bonchev–Trinajstić information content (AvgIpc) is 2.37. The van der Waals surface area contributed by atoms with Crippen molar-refractivity contribution in [3.8, 4) is 5.75 Å². The zero-order valence-electron chi connectivity index (χ0n) is 10.8. The van der Waals surface area contributed by atoms with Crippen LogP contribution in [0.3, 0.4) is 0 Å². The second-order valence-electron chi connectivity index (χ2n) is 4.39. The molecule has 0 aliphatic heterocycles. The molecule has 0 aliphatic rings. The van der Waals surface area contributed by atoms with Gasteiger partial charge in [-0.1, -0.05) is 24.3 Å². The van der Waals surface area contributed by atoms with Crippen molar-refractivity contribution in [2.24, 2.45) is 5.73 Å². The lowest BCUT2D eigenvalue weighted by atomic mass is 10.1. The van der Waals surface area contributed by atoms with Crippen LogP contribution in [0.5, 0.6) is 5.75 Å². The van der Waals surface area contributed by atoms with Crippen LogP contribution in [-0.2, 0) is 6.61 Å². The van der Waals surface area contributed by atoms with Crippen molar-refractivity contribution in [2.75, 3.05) is 0 Å². The Morgan fingerprint density at radius 3 is 2.67 bits per heavy atom. The predicted octanol–water partition coefficient (Wildman–Crippen LogP) is 2.99. The molecular formula is C15H18N2O. The number of ether oxygens (including phenoxy) is 1. The summed E-state index contributed by atoms with van der Waals surface area (Å²) in [7, 11) is 0. The molecule has 0 aliphatic carbocycles. The fourth-order valence-corrected chi connectivity index (χ4v) is 1.82. The van der Waals surface area contributed by atoms with Crippen LogP contribution >= 0.6 is 0 Å². The molecule has 0 spiro atoms. The molecule has 2 aromatic rings. The van der Waals surface area contributed by atoms with Gasteiger partial charge in [-0.2, -0.15) is 0 Å². The van der Waals surface area contributed by atoms with E-state index in [-0.39, 0.29) is 6.04 Å². The number of hydrogen-bond acceptors (Lipinski definition) is 3. The maximum absolute atomic E-state index is 5.91. The molecule has 3 nitrogen and oxygen atoms in total. The fourth-order valence-electron chi connectivity index (χ4n) is 1.82. The van der Waals surface area contributed by atoms with Gasteiger partial charge in [-0.05, 0) is 32.0 Å².